The van der Waals surface area contributed by atoms with E-state index in [1.807, 2.05) is 30.3 Å². The Bertz CT molecular complexity index is 2990. The van der Waals surface area contributed by atoms with Gasteiger partial charge in [-0.05, 0) is 97.5 Å². The molecule has 0 bridgehead atoms. The van der Waals surface area contributed by atoms with E-state index in [0.29, 0.717) is 52.3 Å². The summed E-state index contributed by atoms with van der Waals surface area (Å²) in [5, 5.41) is 3.36. The number of quaternary nitrogens is 1. The van der Waals surface area contributed by atoms with Crippen molar-refractivity contribution in [2.75, 3.05) is 56.5 Å². The average Bonchev–Trinajstić information content (AvgIpc) is 3.81. The van der Waals surface area contributed by atoms with Crippen LogP contribution >= 0.6 is 0 Å². The van der Waals surface area contributed by atoms with Crippen LogP contribution in [0.25, 0.3) is 21.5 Å². The zero-order valence-corrected chi connectivity index (χ0v) is 38.8. The minimum Gasteiger partial charge on any atom is -0.748 e. The first-order chi connectivity index (χ1) is 30.4. The Hall–Kier alpha value is -5.12. The molecule has 9 rings (SSSR count). The highest BCUT2D eigenvalue weighted by Crippen LogP contribution is 2.60. The molecule has 1 saturated carbocycles. The van der Waals surface area contributed by atoms with Gasteiger partial charge >= 0.3 is 16.2 Å². The summed E-state index contributed by atoms with van der Waals surface area (Å²) in [6, 6.07) is 24.7. The second-order valence-corrected chi connectivity index (χ2v) is 21.8. The Kier molecular flexibility index (Phi) is 11.1. The van der Waals surface area contributed by atoms with Crippen LogP contribution in [0, 0.1) is 0 Å². The zero-order valence-electron chi connectivity index (χ0n) is 37.2. The minimum absolute atomic E-state index is 0.0614. The van der Waals surface area contributed by atoms with Crippen molar-refractivity contribution in [2.45, 2.75) is 76.5 Å². The standard InChI is InChI=1S/C50H56N4O8S2/c1-6-62-48(55)52-30-28-51(29-31-52)47-36(20-24-42-49(2,3)45-38-14-9-7-12-34(38)18-22-40(45)53(42)27-11-33-63(56,57)58)16-17-37(47)21-25-43-50(4,5)46-39-15-10-8-13-35(39)19-23-41(46)54(43)32-26-44(54)64(59,60)61/h7-10,12-15,18-25,44H,6,11,16-17,26-33H2,1-5H3/p+1. The topological polar surface area (TPSA) is 147 Å². The Balaban J connectivity index is 1.17. The number of fused-ring (bicyclic) bond motifs is 7. The predicted molar refractivity (Wildman–Crippen MR) is 252 cm³/mol. The smallest absolute Gasteiger partial charge is 0.410 e. The summed E-state index contributed by atoms with van der Waals surface area (Å²) in [5.74, 6) is -0.455. The molecule has 4 aliphatic heterocycles. The van der Waals surface area contributed by atoms with Gasteiger partial charge in [-0.1, -0.05) is 74.5 Å². The Labute approximate surface area is 376 Å². The fourth-order valence-electron chi connectivity index (χ4n) is 11.6. The summed E-state index contributed by atoms with van der Waals surface area (Å²) in [4.78, 5) is 16.7. The van der Waals surface area contributed by atoms with Crippen molar-refractivity contribution in [3.63, 3.8) is 0 Å². The number of anilines is 1. The lowest BCUT2D eigenvalue weighted by atomic mass is 9.80. The highest BCUT2D eigenvalue weighted by atomic mass is 32.2. The van der Waals surface area contributed by atoms with Crippen molar-refractivity contribution in [1.82, 2.24) is 9.38 Å². The van der Waals surface area contributed by atoms with Gasteiger partial charge in [0.1, 0.15) is 11.4 Å². The van der Waals surface area contributed by atoms with E-state index >= 15 is 0 Å². The van der Waals surface area contributed by atoms with Gasteiger partial charge in [0.2, 0.25) is 11.1 Å². The molecule has 0 aromatic heterocycles. The third-order valence-electron chi connectivity index (χ3n) is 14.4. The van der Waals surface area contributed by atoms with E-state index in [-0.39, 0.29) is 17.0 Å². The van der Waals surface area contributed by atoms with Gasteiger partial charge in [-0.3, -0.25) is 9.45 Å². The summed E-state index contributed by atoms with van der Waals surface area (Å²) in [7, 11) is -8.81. The number of carbonyl (C=O) groups excluding carboxylic acids is 1. The molecular weight excluding hydrogens is 849 g/mol. The first-order valence-electron chi connectivity index (χ1n) is 22.4. The molecule has 5 aliphatic rings. The van der Waals surface area contributed by atoms with Crippen LogP contribution in [-0.2, 0) is 35.8 Å². The van der Waals surface area contributed by atoms with Crippen LogP contribution < -0.4 is 9.38 Å². The summed E-state index contributed by atoms with van der Waals surface area (Å²) in [6.45, 7) is 13.8. The molecule has 3 fully saturated rings. The average molecular weight is 906 g/mol. The highest BCUT2D eigenvalue weighted by molar-refractivity contribution is 7.86. The Morgan fingerprint density at radius 2 is 1.45 bits per heavy atom. The molecule has 0 radical (unpaired) electrons. The third-order valence-corrected chi connectivity index (χ3v) is 16.5. The normalized spacial score (nSPS) is 25.3. The molecular formula is C50H57N4O8S2+. The third kappa shape index (κ3) is 7.31. The van der Waals surface area contributed by atoms with Crippen LogP contribution in [0.1, 0.15) is 71.4 Å². The molecule has 2 saturated heterocycles. The lowest BCUT2D eigenvalue weighted by Crippen LogP contribution is -2.68. The lowest BCUT2D eigenvalue weighted by Gasteiger charge is -2.49. The van der Waals surface area contributed by atoms with Crippen molar-refractivity contribution in [3.8, 4) is 0 Å². The van der Waals surface area contributed by atoms with Crippen LogP contribution in [0.4, 0.5) is 16.2 Å². The largest absolute Gasteiger partial charge is 0.748 e. The number of carbonyl (C=O) groups is 1. The van der Waals surface area contributed by atoms with Gasteiger partial charge in [-0.15, -0.1) is 0 Å². The molecule has 64 heavy (non-hydrogen) atoms. The second kappa shape index (κ2) is 16.1. The Morgan fingerprint density at radius 3 is 2.05 bits per heavy atom. The fourth-order valence-corrected chi connectivity index (χ4v) is 13.2. The van der Waals surface area contributed by atoms with Gasteiger partial charge in [0, 0.05) is 51.9 Å². The van der Waals surface area contributed by atoms with Gasteiger partial charge in [-0.25, -0.2) is 22.3 Å². The molecule has 1 aliphatic carbocycles. The molecule has 14 heteroatoms. The Morgan fingerprint density at radius 1 is 0.844 bits per heavy atom. The summed E-state index contributed by atoms with van der Waals surface area (Å²) >= 11 is 0. The van der Waals surface area contributed by atoms with Crippen molar-refractivity contribution >= 4 is 65.0 Å². The van der Waals surface area contributed by atoms with E-state index in [2.05, 4.69) is 104 Å². The van der Waals surface area contributed by atoms with Crippen LogP contribution in [0.3, 0.4) is 0 Å². The number of allylic oxidation sites excluding steroid dienone is 8. The molecule has 4 aromatic carbocycles. The molecule has 2 atom stereocenters. The first kappa shape index (κ1) is 44.1. The van der Waals surface area contributed by atoms with Gasteiger partial charge < -0.3 is 14.2 Å². The molecule has 336 valence electrons. The molecule has 2 unspecified atom stereocenters. The number of benzene rings is 4. The molecule has 12 nitrogen and oxygen atoms in total. The van der Waals surface area contributed by atoms with Crippen LogP contribution in [0.15, 0.2) is 120 Å². The number of rotatable bonds is 8. The van der Waals surface area contributed by atoms with Gasteiger partial charge in [-0.2, -0.15) is 8.42 Å². The monoisotopic (exact) mass is 905 g/mol. The van der Waals surface area contributed by atoms with Gasteiger partial charge in [0.05, 0.1) is 48.2 Å². The first-order valence-corrected chi connectivity index (χ1v) is 25.4. The molecule has 1 amide bonds. The van der Waals surface area contributed by atoms with Crippen molar-refractivity contribution < 1.29 is 40.0 Å². The van der Waals surface area contributed by atoms with Gasteiger partial charge in [0.15, 0.2) is 13.1 Å². The molecule has 4 aromatic rings. The number of nitrogens with zero attached hydrogens (tertiary/aromatic N) is 4. The van der Waals surface area contributed by atoms with Crippen LogP contribution in [0.5, 0.6) is 0 Å². The van der Waals surface area contributed by atoms with Crippen molar-refractivity contribution in [1.29, 1.82) is 0 Å². The summed E-state index contributed by atoms with van der Waals surface area (Å²) in [5.41, 5.74) is 8.28. The van der Waals surface area contributed by atoms with E-state index in [1.165, 1.54) is 0 Å². The maximum atomic E-state index is 13.2. The van der Waals surface area contributed by atoms with Gasteiger partial charge in [0.25, 0.3) is 0 Å². The van der Waals surface area contributed by atoms with Crippen LogP contribution in [0.2, 0.25) is 0 Å². The highest BCUT2D eigenvalue weighted by Gasteiger charge is 2.66. The summed E-state index contributed by atoms with van der Waals surface area (Å²) < 4.78 is 80.1. The van der Waals surface area contributed by atoms with Crippen LogP contribution in [-0.4, -0.2) is 104 Å². The number of piperazine rings is 1. The molecule has 4 heterocycles. The van der Waals surface area contributed by atoms with E-state index in [9.17, 15) is 30.7 Å². The molecule has 1 N–H and O–H groups in total. The number of hydrogen-bond donors (Lipinski definition) is 1. The van der Waals surface area contributed by atoms with E-state index < -0.39 is 42.2 Å². The van der Waals surface area contributed by atoms with E-state index in [1.54, 1.807) is 11.8 Å². The van der Waals surface area contributed by atoms with E-state index in [0.717, 1.165) is 85.1 Å². The quantitative estimate of drug-likeness (QED) is 0.105. The SMILES string of the molecule is CCOC(=O)N1CC[N+](=C2C(=CC=C3N(CCCS(=O)(=O)[O-])c4ccc5ccccc5c4C3(C)C)CCC2=CC=C2C(C)(C)c3c(ccc4ccccc34)[N+]23CCC3S(=O)(=O)O)CC1. The summed E-state index contributed by atoms with van der Waals surface area (Å²) in [6.07, 6.45) is 10.3. The maximum Gasteiger partial charge on any atom is 0.410 e. The van der Waals surface area contributed by atoms with E-state index in [4.69, 9.17) is 4.74 Å². The predicted octanol–water partition coefficient (Wildman–Crippen LogP) is 8.28. The zero-order chi connectivity index (χ0) is 45.4. The second-order valence-electron chi connectivity index (χ2n) is 18.7. The number of hydrogen-bond acceptors (Lipinski definition) is 8. The van der Waals surface area contributed by atoms with Crippen molar-refractivity contribution in [2.24, 2.45) is 0 Å². The number of amides is 1. The number of ether oxygens (including phenoxy) is 1. The minimum atomic E-state index is -4.41. The maximum absolute atomic E-state index is 13.2. The fraction of sp³-hybridized carbons (Fsp3) is 0.400. The molecule has 1 spiro atoms. The van der Waals surface area contributed by atoms with Crippen molar-refractivity contribution in [3.05, 3.63) is 131 Å². The lowest BCUT2D eigenvalue weighted by molar-refractivity contribution is -0.537.